The van der Waals surface area contributed by atoms with E-state index in [2.05, 4.69) is 15.6 Å². The molecule has 0 bridgehead atoms. The third-order valence-corrected chi connectivity index (χ3v) is 4.66. The number of nitrogens with one attached hydrogen (secondary N) is 1. The third-order valence-electron chi connectivity index (χ3n) is 4.66. The van der Waals surface area contributed by atoms with Gasteiger partial charge in [-0.25, -0.2) is 4.79 Å². The Bertz CT molecular complexity index is 638. The molecular weight excluding hydrogens is 456 g/mol. The molecule has 0 spiro atoms. The van der Waals surface area contributed by atoms with E-state index in [-0.39, 0.29) is 0 Å². The molecule has 0 aliphatic heterocycles. The minimum Gasteiger partial charge on any atom is -0.444 e. The van der Waals surface area contributed by atoms with Gasteiger partial charge in [-0.2, -0.15) is 0 Å². The minimum absolute atomic E-state index is 0.292. The van der Waals surface area contributed by atoms with Crippen LogP contribution in [0.3, 0.4) is 0 Å². The van der Waals surface area contributed by atoms with Crippen LogP contribution in [0, 0.1) is 0 Å². The Morgan fingerprint density at radius 1 is 0.886 bits per heavy atom. The molecule has 2 N–H and O–H groups in total. The third kappa shape index (κ3) is 20.1. The highest BCUT2D eigenvalue weighted by atomic mass is 16.6. The Balaban J connectivity index is 1.84. The quantitative estimate of drug-likeness (QED) is 0.230. The maximum absolute atomic E-state index is 11.5. The number of hydrogen-bond donors (Lipinski definition) is 2. The summed E-state index contributed by atoms with van der Waals surface area (Å²) < 4.78 is 28.9. The summed E-state index contributed by atoms with van der Waals surface area (Å²) in [5, 5.41) is 19.7. The first-order chi connectivity index (χ1) is 16.9. The van der Waals surface area contributed by atoms with Gasteiger partial charge in [0.15, 0.2) is 0 Å². The number of carbonyl (C=O) groups excluding carboxylic acids is 1. The second-order valence-electron chi connectivity index (χ2n) is 9.14. The molecule has 0 atom stereocenters. The van der Waals surface area contributed by atoms with Crippen molar-refractivity contribution in [2.75, 3.05) is 59.4 Å². The molecule has 0 aromatic carbocycles. The van der Waals surface area contributed by atoms with E-state index >= 15 is 0 Å². The Kier molecular flexibility index (Phi) is 18.2. The van der Waals surface area contributed by atoms with Crippen LogP contribution in [-0.2, 0) is 36.8 Å². The van der Waals surface area contributed by atoms with Crippen LogP contribution in [0.25, 0.3) is 0 Å². The van der Waals surface area contributed by atoms with E-state index < -0.39 is 11.7 Å². The molecule has 1 aromatic rings. The Morgan fingerprint density at radius 3 is 2.09 bits per heavy atom. The van der Waals surface area contributed by atoms with Crippen molar-refractivity contribution in [3.05, 3.63) is 11.9 Å². The van der Waals surface area contributed by atoms with Crippen molar-refractivity contribution in [1.82, 2.24) is 20.3 Å². The van der Waals surface area contributed by atoms with Crippen LogP contribution in [0.5, 0.6) is 0 Å². The van der Waals surface area contributed by atoms with E-state index in [9.17, 15) is 4.79 Å². The lowest BCUT2D eigenvalue weighted by atomic mass is 10.1. The van der Waals surface area contributed by atoms with E-state index in [1.165, 1.54) is 19.3 Å². The maximum atomic E-state index is 11.5. The van der Waals surface area contributed by atoms with Gasteiger partial charge in [0.2, 0.25) is 0 Å². The molecule has 0 aliphatic carbocycles. The Morgan fingerprint density at radius 2 is 1.46 bits per heavy atom. The van der Waals surface area contributed by atoms with Gasteiger partial charge in [-0.3, -0.25) is 4.68 Å². The fourth-order valence-electron chi connectivity index (χ4n) is 2.98. The monoisotopic (exact) mass is 502 g/mol. The van der Waals surface area contributed by atoms with Gasteiger partial charge in [0.05, 0.1) is 59.1 Å². The lowest BCUT2D eigenvalue weighted by Crippen LogP contribution is -2.34. The predicted octanol–water partition coefficient (Wildman–Crippen LogP) is 2.70. The van der Waals surface area contributed by atoms with E-state index in [1.54, 1.807) is 0 Å². The number of carbonyl (C=O) groups is 1. The van der Waals surface area contributed by atoms with Gasteiger partial charge in [-0.05, 0) is 33.6 Å². The van der Waals surface area contributed by atoms with E-state index in [1.807, 2.05) is 31.6 Å². The summed E-state index contributed by atoms with van der Waals surface area (Å²) in [5.41, 5.74) is 0.313. The molecule has 204 valence electrons. The largest absolute Gasteiger partial charge is 0.444 e. The number of aromatic nitrogens is 3. The van der Waals surface area contributed by atoms with E-state index in [0.717, 1.165) is 31.5 Å². The molecule has 1 rings (SSSR count). The van der Waals surface area contributed by atoms with Gasteiger partial charge in [0.1, 0.15) is 11.3 Å². The molecule has 11 heteroatoms. The molecule has 0 unspecified atom stereocenters. The lowest BCUT2D eigenvalue weighted by Gasteiger charge is -2.19. The van der Waals surface area contributed by atoms with Gasteiger partial charge < -0.3 is 34.1 Å². The van der Waals surface area contributed by atoms with Crippen molar-refractivity contribution in [3.63, 3.8) is 0 Å². The standard InChI is InChI=1S/C24H46N4O7/c1-24(2,3)35-23(30)25-10-13-31-14-15-32-16-17-33-18-19-34-21-22-20-28(27-26-22)11-8-6-4-5-7-9-12-29/h20,29H,4-19,21H2,1-3H3,(H,25,30). The van der Waals surface area contributed by atoms with Crippen molar-refractivity contribution in [2.45, 2.75) is 78.0 Å². The number of alkyl carbamates (subject to hydrolysis) is 1. The number of amides is 1. The van der Waals surface area contributed by atoms with Crippen molar-refractivity contribution in [1.29, 1.82) is 0 Å². The molecule has 1 heterocycles. The highest BCUT2D eigenvalue weighted by Gasteiger charge is 2.15. The molecule has 0 radical (unpaired) electrons. The SMILES string of the molecule is CC(C)(C)OC(=O)NCCOCCOCCOCCOCc1cn(CCCCCCCCO)nn1. The highest BCUT2D eigenvalue weighted by Crippen LogP contribution is 2.07. The van der Waals surface area contributed by atoms with Crippen LogP contribution in [0.4, 0.5) is 4.79 Å². The number of nitrogens with zero attached hydrogens (tertiary/aromatic N) is 3. The number of ether oxygens (including phenoxy) is 5. The van der Waals surface area contributed by atoms with Crippen LogP contribution >= 0.6 is 0 Å². The summed E-state index contributed by atoms with van der Waals surface area (Å²) >= 11 is 0. The second-order valence-corrected chi connectivity index (χ2v) is 9.14. The maximum Gasteiger partial charge on any atom is 0.407 e. The van der Waals surface area contributed by atoms with Crippen molar-refractivity contribution in [3.8, 4) is 0 Å². The number of unbranched alkanes of at least 4 members (excludes halogenated alkanes) is 5. The van der Waals surface area contributed by atoms with E-state index in [4.69, 9.17) is 28.8 Å². The summed E-state index contributed by atoms with van der Waals surface area (Å²) in [7, 11) is 0. The number of hydrogen-bond acceptors (Lipinski definition) is 9. The second kappa shape index (κ2) is 20.4. The van der Waals surface area contributed by atoms with Crippen molar-refractivity contribution in [2.24, 2.45) is 0 Å². The Hall–Kier alpha value is -1.79. The molecule has 0 saturated heterocycles. The van der Waals surface area contributed by atoms with Gasteiger partial charge in [0.25, 0.3) is 0 Å². The van der Waals surface area contributed by atoms with Gasteiger partial charge in [-0.15, -0.1) is 5.10 Å². The smallest absolute Gasteiger partial charge is 0.407 e. The zero-order valence-electron chi connectivity index (χ0n) is 21.8. The normalized spacial score (nSPS) is 11.7. The van der Waals surface area contributed by atoms with Crippen LogP contribution in [-0.4, -0.2) is 91.2 Å². The highest BCUT2D eigenvalue weighted by molar-refractivity contribution is 5.67. The summed E-state index contributed by atoms with van der Waals surface area (Å²) in [5.74, 6) is 0. The molecular formula is C24H46N4O7. The summed E-state index contributed by atoms with van der Waals surface area (Å²) in [6, 6.07) is 0. The first-order valence-electron chi connectivity index (χ1n) is 12.7. The van der Waals surface area contributed by atoms with Gasteiger partial charge in [-0.1, -0.05) is 30.9 Å². The lowest BCUT2D eigenvalue weighted by molar-refractivity contribution is -0.00440. The van der Waals surface area contributed by atoms with Crippen LogP contribution in [0.1, 0.15) is 65.0 Å². The fraction of sp³-hybridized carbons (Fsp3) is 0.875. The van der Waals surface area contributed by atoms with Crippen molar-refractivity contribution < 1.29 is 33.6 Å². The zero-order valence-corrected chi connectivity index (χ0v) is 21.8. The van der Waals surface area contributed by atoms with Crippen LogP contribution in [0.15, 0.2) is 6.20 Å². The number of rotatable bonds is 22. The molecule has 1 aromatic heterocycles. The molecule has 0 fully saturated rings. The van der Waals surface area contributed by atoms with Crippen LogP contribution < -0.4 is 5.32 Å². The zero-order chi connectivity index (χ0) is 25.6. The number of aliphatic hydroxyl groups excluding tert-OH is 1. The van der Waals surface area contributed by atoms with Gasteiger partial charge in [0, 0.05) is 19.7 Å². The van der Waals surface area contributed by atoms with Gasteiger partial charge >= 0.3 is 6.09 Å². The first kappa shape index (κ1) is 31.2. The summed E-state index contributed by atoms with van der Waals surface area (Å²) in [6.45, 7) is 10.7. The summed E-state index contributed by atoms with van der Waals surface area (Å²) in [4.78, 5) is 11.5. The molecule has 35 heavy (non-hydrogen) atoms. The number of aliphatic hydroxyl groups is 1. The van der Waals surface area contributed by atoms with Crippen molar-refractivity contribution >= 4 is 6.09 Å². The van der Waals surface area contributed by atoms with E-state index in [0.29, 0.717) is 66.0 Å². The molecule has 0 saturated carbocycles. The number of aryl methyl sites for hydroxylation is 1. The first-order valence-corrected chi connectivity index (χ1v) is 12.7. The average molecular weight is 503 g/mol. The summed E-state index contributed by atoms with van der Waals surface area (Å²) in [6.07, 6.45) is 8.10. The minimum atomic E-state index is -0.504. The fourth-order valence-corrected chi connectivity index (χ4v) is 2.98. The molecule has 0 aliphatic rings. The van der Waals surface area contributed by atoms with Crippen LogP contribution in [0.2, 0.25) is 0 Å². The molecule has 11 nitrogen and oxygen atoms in total. The topological polar surface area (TPSA) is 126 Å². The molecule has 1 amide bonds. The Labute approximate surface area is 209 Å². The predicted molar refractivity (Wildman–Crippen MR) is 131 cm³/mol. The average Bonchev–Trinajstić information content (AvgIpc) is 3.25.